The molecule has 0 spiro atoms. The maximum absolute atomic E-state index is 13.6. The zero-order valence-corrected chi connectivity index (χ0v) is 21.2. The number of halogens is 1. The summed E-state index contributed by atoms with van der Waals surface area (Å²) in [6.45, 7) is 7.98. The fraction of sp³-hybridized carbons (Fsp3) is 0.583. The number of ether oxygens (including phenoxy) is 2. The number of nitrogens with two attached hydrogens (primary N) is 1. The number of likely N-dealkylation sites (tertiary alicyclic amines) is 1. The van der Waals surface area contributed by atoms with Crippen LogP contribution in [0.2, 0.25) is 5.02 Å². The first-order chi connectivity index (χ1) is 16.4. The van der Waals surface area contributed by atoms with Crippen LogP contribution in [0.3, 0.4) is 0 Å². The van der Waals surface area contributed by atoms with E-state index in [4.69, 9.17) is 26.8 Å². The SMILES string of the molecule is CCO[C@@H]1OC(=O)CC1NC(=O)[C@@H]1CCCN1C(=O)[C@@H](NC(=O)c1ccc(N)c(Cl)c1)C(C)(C)C. The number of carbonyl (C=O) groups is 4. The normalized spacial score (nSPS) is 23.1. The molecule has 1 aromatic carbocycles. The van der Waals surface area contributed by atoms with Gasteiger partial charge in [0.25, 0.3) is 5.91 Å². The average Bonchev–Trinajstić information content (AvgIpc) is 3.39. The third-order valence-electron chi connectivity index (χ3n) is 6.11. The molecule has 2 aliphatic rings. The Hall–Kier alpha value is -2.85. The van der Waals surface area contributed by atoms with Crippen molar-refractivity contribution in [3.05, 3.63) is 28.8 Å². The lowest BCUT2D eigenvalue weighted by Gasteiger charge is -2.35. The molecule has 10 nitrogen and oxygen atoms in total. The van der Waals surface area contributed by atoms with Crippen LogP contribution in [0.15, 0.2) is 18.2 Å². The predicted octanol–water partition coefficient (Wildman–Crippen LogP) is 1.85. The number of esters is 1. The van der Waals surface area contributed by atoms with Crippen molar-refractivity contribution < 1.29 is 28.7 Å². The molecule has 0 aromatic heterocycles. The van der Waals surface area contributed by atoms with Crippen LogP contribution in [0.5, 0.6) is 0 Å². The van der Waals surface area contributed by atoms with E-state index in [0.717, 1.165) is 0 Å². The van der Waals surface area contributed by atoms with Gasteiger partial charge in [-0.1, -0.05) is 32.4 Å². The van der Waals surface area contributed by atoms with Crippen molar-refractivity contribution >= 4 is 41.0 Å². The molecular weight excluding hydrogens is 476 g/mol. The Morgan fingerprint density at radius 3 is 2.66 bits per heavy atom. The molecule has 0 radical (unpaired) electrons. The van der Waals surface area contributed by atoms with Gasteiger partial charge in [-0.25, -0.2) is 0 Å². The zero-order chi connectivity index (χ0) is 25.9. The highest BCUT2D eigenvalue weighted by molar-refractivity contribution is 6.33. The quantitative estimate of drug-likeness (QED) is 0.377. The van der Waals surface area contributed by atoms with Crippen LogP contribution in [0.4, 0.5) is 5.69 Å². The first-order valence-corrected chi connectivity index (χ1v) is 12.1. The second kappa shape index (κ2) is 10.8. The van der Waals surface area contributed by atoms with Crippen LogP contribution < -0.4 is 16.4 Å². The second-order valence-corrected chi connectivity index (χ2v) is 10.2. The Morgan fingerprint density at radius 2 is 2.03 bits per heavy atom. The van der Waals surface area contributed by atoms with E-state index in [9.17, 15) is 19.2 Å². The van der Waals surface area contributed by atoms with Gasteiger partial charge in [0.2, 0.25) is 18.1 Å². The van der Waals surface area contributed by atoms with Crippen molar-refractivity contribution in [1.29, 1.82) is 0 Å². The summed E-state index contributed by atoms with van der Waals surface area (Å²) in [4.78, 5) is 52.9. The number of nitrogens with zero attached hydrogens (tertiary/aromatic N) is 1. The first kappa shape index (κ1) is 26.7. The van der Waals surface area contributed by atoms with Crippen molar-refractivity contribution in [3.63, 3.8) is 0 Å². The number of anilines is 1. The molecule has 0 saturated carbocycles. The molecule has 2 fully saturated rings. The summed E-state index contributed by atoms with van der Waals surface area (Å²) in [5, 5.41) is 5.86. The van der Waals surface area contributed by atoms with Gasteiger partial charge in [0.1, 0.15) is 18.1 Å². The molecule has 0 aliphatic carbocycles. The minimum absolute atomic E-state index is 0.00188. The van der Waals surface area contributed by atoms with E-state index in [2.05, 4.69) is 10.6 Å². The van der Waals surface area contributed by atoms with E-state index < -0.39 is 41.7 Å². The van der Waals surface area contributed by atoms with E-state index in [1.165, 1.54) is 23.1 Å². The Bertz CT molecular complexity index is 995. The second-order valence-electron chi connectivity index (χ2n) is 9.83. The summed E-state index contributed by atoms with van der Waals surface area (Å²) in [7, 11) is 0. The van der Waals surface area contributed by atoms with Gasteiger partial charge in [-0.15, -0.1) is 0 Å². The predicted molar refractivity (Wildman–Crippen MR) is 129 cm³/mol. The molecule has 11 heteroatoms. The number of amides is 3. The van der Waals surface area contributed by atoms with E-state index >= 15 is 0 Å². The zero-order valence-electron chi connectivity index (χ0n) is 20.4. The Kier molecular flexibility index (Phi) is 8.27. The largest absolute Gasteiger partial charge is 0.433 e. The molecule has 2 heterocycles. The number of hydrogen-bond acceptors (Lipinski definition) is 7. The number of carbonyl (C=O) groups excluding carboxylic acids is 4. The molecule has 3 rings (SSSR count). The van der Waals surface area contributed by atoms with E-state index in [-0.39, 0.29) is 28.8 Å². The first-order valence-electron chi connectivity index (χ1n) is 11.7. The lowest BCUT2D eigenvalue weighted by atomic mass is 9.85. The highest BCUT2D eigenvalue weighted by atomic mass is 35.5. The highest BCUT2D eigenvalue weighted by Crippen LogP contribution is 2.27. The molecule has 1 unspecified atom stereocenters. The van der Waals surface area contributed by atoms with Gasteiger partial charge < -0.3 is 30.7 Å². The maximum Gasteiger partial charge on any atom is 0.310 e. The summed E-state index contributed by atoms with van der Waals surface area (Å²) >= 11 is 6.05. The van der Waals surface area contributed by atoms with Crippen LogP contribution in [0.25, 0.3) is 0 Å². The summed E-state index contributed by atoms with van der Waals surface area (Å²) in [6.07, 6.45) is 0.255. The van der Waals surface area contributed by atoms with Gasteiger partial charge in [-0.05, 0) is 43.4 Å². The molecule has 2 saturated heterocycles. The molecule has 3 amide bonds. The monoisotopic (exact) mass is 508 g/mol. The van der Waals surface area contributed by atoms with Crippen molar-refractivity contribution in [1.82, 2.24) is 15.5 Å². The van der Waals surface area contributed by atoms with E-state index in [0.29, 0.717) is 31.7 Å². The molecule has 35 heavy (non-hydrogen) atoms. The molecule has 2 aliphatic heterocycles. The Balaban J connectivity index is 1.74. The topological polar surface area (TPSA) is 140 Å². The van der Waals surface area contributed by atoms with Gasteiger partial charge in [0, 0.05) is 18.7 Å². The summed E-state index contributed by atoms with van der Waals surface area (Å²) < 4.78 is 10.5. The van der Waals surface area contributed by atoms with E-state index in [1.807, 2.05) is 20.8 Å². The number of benzene rings is 1. The summed E-state index contributed by atoms with van der Waals surface area (Å²) in [5.41, 5.74) is 5.71. The van der Waals surface area contributed by atoms with Crippen molar-refractivity contribution in [3.8, 4) is 0 Å². The van der Waals surface area contributed by atoms with Crippen LogP contribution in [0.1, 0.15) is 57.3 Å². The van der Waals surface area contributed by atoms with Crippen LogP contribution in [-0.2, 0) is 23.9 Å². The van der Waals surface area contributed by atoms with Crippen LogP contribution in [0, 0.1) is 5.41 Å². The molecular formula is C24H33ClN4O6. The van der Waals surface area contributed by atoms with Crippen LogP contribution in [-0.4, -0.2) is 66.2 Å². The van der Waals surface area contributed by atoms with Crippen molar-refractivity contribution in [2.75, 3.05) is 18.9 Å². The highest BCUT2D eigenvalue weighted by Gasteiger charge is 2.44. The van der Waals surface area contributed by atoms with Crippen molar-refractivity contribution in [2.24, 2.45) is 5.41 Å². The smallest absolute Gasteiger partial charge is 0.310 e. The Labute approximate surface area is 209 Å². The van der Waals surface area contributed by atoms with Gasteiger partial charge in [0.05, 0.1) is 17.1 Å². The standard InChI is InChI=1S/C24H33ClN4O6/c1-5-34-23-16(12-18(30)35-23)27-21(32)17-7-6-10-29(17)22(33)19(24(2,3)4)28-20(31)13-8-9-15(26)14(25)11-13/h8-9,11,16-17,19,23H,5-7,10,12,26H2,1-4H3,(H,27,32)(H,28,31)/t16?,17-,19+,23+/m0/s1. The lowest BCUT2D eigenvalue weighted by Crippen LogP contribution is -2.58. The van der Waals surface area contributed by atoms with Crippen molar-refractivity contribution in [2.45, 2.75) is 71.4 Å². The molecule has 1 aromatic rings. The lowest BCUT2D eigenvalue weighted by molar-refractivity contribution is -0.164. The Morgan fingerprint density at radius 1 is 1.31 bits per heavy atom. The number of hydrogen-bond donors (Lipinski definition) is 3. The molecule has 192 valence electrons. The minimum atomic E-state index is -0.896. The minimum Gasteiger partial charge on any atom is -0.433 e. The fourth-order valence-electron chi connectivity index (χ4n) is 4.25. The van der Waals surface area contributed by atoms with Crippen LogP contribution >= 0.6 is 11.6 Å². The van der Waals surface area contributed by atoms with Gasteiger partial charge >= 0.3 is 5.97 Å². The van der Waals surface area contributed by atoms with Gasteiger partial charge in [0.15, 0.2) is 0 Å². The molecule has 0 bridgehead atoms. The summed E-state index contributed by atoms with van der Waals surface area (Å²) in [5.74, 6) is -1.66. The fourth-order valence-corrected chi connectivity index (χ4v) is 4.43. The number of cyclic esters (lactones) is 1. The molecule has 4 atom stereocenters. The number of rotatable bonds is 7. The number of nitrogens with one attached hydrogen (secondary N) is 2. The maximum atomic E-state index is 13.6. The summed E-state index contributed by atoms with van der Waals surface area (Å²) in [6, 6.07) is 2.26. The average molecular weight is 509 g/mol. The van der Waals surface area contributed by atoms with E-state index in [1.54, 1.807) is 6.92 Å². The van der Waals surface area contributed by atoms with Gasteiger partial charge in [-0.3, -0.25) is 19.2 Å². The molecule has 4 N–H and O–H groups in total. The third-order valence-corrected chi connectivity index (χ3v) is 6.44. The van der Waals surface area contributed by atoms with Gasteiger partial charge in [-0.2, -0.15) is 0 Å². The third kappa shape index (κ3) is 6.24. The number of nitrogen functional groups attached to an aromatic ring is 1.